The van der Waals surface area contributed by atoms with Gasteiger partial charge < -0.3 is 16.2 Å². The zero-order valence-electron chi connectivity index (χ0n) is 8.40. The minimum absolute atomic E-state index is 0.237. The van der Waals surface area contributed by atoms with E-state index in [1.54, 1.807) is 6.20 Å². The molecule has 0 aliphatic carbocycles. The monoisotopic (exact) mass is 195 g/mol. The van der Waals surface area contributed by atoms with E-state index in [0.29, 0.717) is 11.7 Å². The number of nitrogen functional groups attached to an aromatic ring is 1. The summed E-state index contributed by atoms with van der Waals surface area (Å²) in [4.78, 5) is 4.13. The lowest BCUT2D eigenvalue weighted by atomic mass is 10.2. The predicted octanol–water partition coefficient (Wildman–Crippen LogP) is 1.24. The summed E-state index contributed by atoms with van der Waals surface area (Å²) in [5.74, 6) is 0.824. The molecule has 0 amide bonds. The van der Waals surface area contributed by atoms with Crippen molar-refractivity contribution in [3.05, 3.63) is 18.3 Å². The Balaban J connectivity index is 2.39. The smallest absolute Gasteiger partial charge is 0.126 e. The molecule has 1 aromatic heterocycles. The van der Waals surface area contributed by atoms with Crippen LogP contribution in [0.15, 0.2) is 18.3 Å². The van der Waals surface area contributed by atoms with E-state index in [1.165, 1.54) is 0 Å². The summed E-state index contributed by atoms with van der Waals surface area (Å²) in [6.45, 7) is 2.30. The molecule has 4 N–H and O–H groups in total. The fourth-order valence-electron chi connectivity index (χ4n) is 1.21. The first-order valence-electron chi connectivity index (χ1n) is 4.81. The maximum atomic E-state index is 8.66. The third-order valence-electron chi connectivity index (χ3n) is 1.98. The molecule has 0 saturated carbocycles. The van der Waals surface area contributed by atoms with Gasteiger partial charge in [-0.1, -0.05) is 0 Å². The highest BCUT2D eigenvalue weighted by Gasteiger charge is 2.01. The first-order valence-corrected chi connectivity index (χ1v) is 4.81. The second-order valence-corrected chi connectivity index (χ2v) is 3.39. The summed E-state index contributed by atoms with van der Waals surface area (Å²) in [5, 5.41) is 11.9. The zero-order chi connectivity index (χ0) is 10.4. The van der Waals surface area contributed by atoms with Crippen molar-refractivity contribution in [1.82, 2.24) is 4.98 Å². The highest BCUT2D eigenvalue weighted by atomic mass is 16.2. The fraction of sp³-hybridized carbons (Fsp3) is 0.500. The largest absolute Gasteiger partial charge is 0.397 e. The van der Waals surface area contributed by atoms with Crippen molar-refractivity contribution in [1.29, 1.82) is 0 Å². The molecule has 1 unspecified atom stereocenters. The number of aromatic nitrogens is 1. The van der Waals surface area contributed by atoms with Crippen molar-refractivity contribution >= 4 is 11.5 Å². The van der Waals surface area contributed by atoms with Crippen molar-refractivity contribution in [2.24, 2.45) is 0 Å². The van der Waals surface area contributed by atoms with Crippen molar-refractivity contribution in [2.75, 3.05) is 17.7 Å². The van der Waals surface area contributed by atoms with Gasteiger partial charge in [0.05, 0.1) is 11.9 Å². The molecule has 0 aliphatic rings. The summed E-state index contributed by atoms with van der Waals surface area (Å²) < 4.78 is 0. The maximum Gasteiger partial charge on any atom is 0.126 e. The second-order valence-electron chi connectivity index (χ2n) is 3.39. The Kier molecular flexibility index (Phi) is 4.19. The van der Waals surface area contributed by atoms with Crippen molar-refractivity contribution in [3.63, 3.8) is 0 Å². The van der Waals surface area contributed by atoms with Crippen LogP contribution < -0.4 is 11.1 Å². The standard InChI is InChI=1S/C10H17N3O/c1-8(3-2-6-14)13-10-5-4-9(11)7-12-10/h4-5,7-8,14H,2-3,6,11H2,1H3,(H,12,13). The Morgan fingerprint density at radius 2 is 2.36 bits per heavy atom. The van der Waals surface area contributed by atoms with Gasteiger partial charge in [0.1, 0.15) is 5.82 Å². The quantitative estimate of drug-likeness (QED) is 0.661. The van der Waals surface area contributed by atoms with E-state index in [2.05, 4.69) is 17.2 Å². The molecule has 0 aromatic carbocycles. The third-order valence-corrected chi connectivity index (χ3v) is 1.98. The zero-order valence-corrected chi connectivity index (χ0v) is 8.40. The number of nitrogens with two attached hydrogens (primary N) is 1. The number of aliphatic hydroxyl groups is 1. The molecule has 4 nitrogen and oxygen atoms in total. The van der Waals surface area contributed by atoms with Crippen LogP contribution in [0.4, 0.5) is 11.5 Å². The Labute approximate surface area is 84.2 Å². The average Bonchev–Trinajstić information content (AvgIpc) is 2.18. The lowest BCUT2D eigenvalue weighted by molar-refractivity contribution is 0.282. The van der Waals surface area contributed by atoms with Crippen LogP contribution in [0, 0.1) is 0 Å². The Bertz CT molecular complexity index is 261. The first kappa shape index (κ1) is 10.8. The molecule has 1 aromatic rings. The first-order chi connectivity index (χ1) is 6.72. The number of anilines is 2. The lowest BCUT2D eigenvalue weighted by Crippen LogP contribution is -2.16. The van der Waals surface area contributed by atoms with Crippen molar-refractivity contribution < 1.29 is 5.11 Å². The highest BCUT2D eigenvalue weighted by Crippen LogP contribution is 2.09. The van der Waals surface area contributed by atoms with Gasteiger partial charge in [0.15, 0.2) is 0 Å². The topological polar surface area (TPSA) is 71.2 Å². The Morgan fingerprint density at radius 3 is 2.93 bits per heavy atom. The number of pyridine rings is 1. The Hall–Kier alpha value is -1.29. The van der Waals surface area contributed by atoms with E-state index in [-0.39, 0.29) is 6.61 Å². The Morgan fingerprint density at radius 1 is 1.57 bits per heavy atom. The van der Waals surface area contributed by atoms with Crippen molar-refractivity contribution in [3.8, 4) is 0 Å². The molecule has 0 aliphatic heterocycles. The van der Waals surface area contributed by atoms with E-state index in [9.17, 15) is 0 Å². The molecule has 1 atom stereocenters. The van der Waals surface area contributed by atoms with E-state index < -0.39 is 0 Å². The summed E-state index contributed by atoms with van der Waals surface area (Å²) in [7, 11) is 0. The molecule has 0 spiro atoms. The van der Waals surface area contributed by atoms with Gasteiger partial charge in [0.25, 0.3) is 0 Å². The lowest BCUT2D eigenvalue weighted by Gasteiger charge is -2.13. The summed E-state index contributed by atoms with van der Waals surface area (Å²) in [5.41, 5.74) is 6.18. The van der Waals surface area contributed by atoms with Crippen LogP contribution in [0.3, 0.4) is 0 Å². The van der Waals surface area contributed by atoms with Crippen LogP contribution in [0.1, 0.15) is 19.8 Å². The van der Waals surface area contributed by atoms with Gasteiger partial charge in [0, 0.05) is 12.6 Å². The van der Waals surface area contributed by atoms with Gasteiger partial charge in [0.2, 0.25) is 0 Å². The van der Waals surface area contributed by atoms with Crippen LogP contribution in [0.2, 0.25) is 0 Å². The number of hydrogen-bond acceptors (Lipinski definition) is 4. The molecular formula is C10H17N3O. The molecular weight excluding hydrogens is 178 g/mol. The van der Waals surface area contributed by atoms with Crippen LogP contribution >= 0.6 is 0 Å². The predicted molar refractivity (Wildman–Crippen MR) is 58.1 cm³/mol. The van der Waals surface area contributed by atoms with E-state index in [0.717, 1.165) is 18.7 Å². The average molecular weight is 195 g/mol. The minimum Gasteiger partial charge on any atom is -0.397 e. The SMILES string of the molecule is CC(CCCO)Nc1ccc(N)cn1. The molecule has 0 bridgehead atoms. The van der Waals surface area contributed by atoms with Gasteiger partial charge in [-0.15, -0.1) is 0 Å². The van der Waals surface area contributed by atoms with Gasteiger partial charge >= 0.3 is 0 Å². The van der Waals surface area contributed by atoms with Gasteiger partial charge in [-0.05, 0) is 31.9 Å². The second kappa shape index (κ2) is 5.44. The number of nitrogens with zero attached hydrogens (tertiary/aromatic N) is 1. The molecule has 4 heteroatoms. The minimum atomic E-state index is 0.237. The van der Waals surface area contributed by atoms with Crippen LogP contribution in [-0.4, -0.2) is 22.7 Å². The van der Waals surface area contributed by atoms with Crippen LogP contribution in [0.25, 0.3) is 0 Å². The van der Waals surface area contributed by atoms with Crippen molar-refractivity contribution in [2.45, 2.75) is 25.8 Å². The molecule has 0 radical (unpaired) electrons. The van der Waals surface area contributed by atoms with E-state index >= 15 is 0 Å². The third kappa shape index (κ3) is 3.62. The summed E-state index contributed by atoms with van der Waals surface area (Å²) >= 11 is 0. The molecule has 78 valence electrons. The molecule has 1 rings (SSSR count). The number of aliphatic hydroxyl groups excluding tert-OH is 1. The highest BCUT2D eigenvalue weighted by molar-refractivity contribution is 5.44. The summed E-state index contributed by atoms with van der Waals surface area (Å²) in [6.07, 6.45) is 3.37. The van der Waals surface area contributed by atoms with Gasteiger partial charge in [-0.25, -0.2) is 4.98 Å². The molecule has 14 heavy (non-hydrogen) atoms. The van der Waals surface area contributed by atoms with E-state index in [4.69, 9.17) is 10.8 Å². The van der Waals surface area contributed by atoms with Gasteiger partial charge in [-0.2, -0.15) is 0 Å². The number of nitrogens with one attached hydrogen (secondary N) is 1. The fourth-order valence-corrected chi connectivity index (χ4v) is 1.21. The molecule has 0 saturated heterocycles. The van der Waals surface area contributed by atoms with E-state index in [1.807, 2.05) is 12.1 Å². The van der Waals surface area contributed by atoms with Gasteiger partial charge in [-0.3, -0.25) is 0 Å². The van der Waals surface area contributed by atoms with Crippen LogP contribution in [-0.2, 0) is 0 Å². The maximum absolute atomic E-state index is 8.66. The molecule has 0 fully saturated rings. The number of hydrogen-bond donors (Lipinski definition) is 3. The summed E-state index contributed by atoms with van der Waals surface area (Å²) in [6, 6.07) is 3.98. The number of rotatable bonds is 5. The normalized spacial score (nSPS) is 12.4. The molecule has 1 heterocycles. The van der Waals surface area contributed by atoms with Crippen LogP contribution in [0.5, 0.6) is 0 Å².